The summed E-state index contributed by atoms with van der Waals surface area (Å²) in [7, 11) is 6.66. The molecule has 2 unspecified atom stereocenters. The van der Waals surface area contributed by atoms with Gasteiger partial charge in [0.25, 0.3) is 0 Å². The number of hydrogen-bond donors (Lipinski definition) is 1. The van der Waals surface area contributed by atoms with Gasteiger partial charge in [0.1, 0.15) is 35.0 Å². The molecule has 140 valence electrons. The van der Waals surface area contributed by atoms with E-state index in [1.165, 1.54) is 0 Å². The van der Waals surface area contributed by atoms with Crippen LogP contribution in [-0.2, 0) is 5.41 Å². The van der Waals surface area contributed by atoms with E-state index >= 15 is 0 Å². The molecule has 0 saturated heterocycles. The van der Waals surface area contributed by atoms with Crippen LogP contribution in [0.15, 0.2) is 42.5 Å². The highest BCUT2D eigenvalue weighted by molar-refractivity contribution is 6.42. The first-order valence-corrected chi connectivity index (χ1v) is 10.3. The first kappa shape index (κ1) is 20.1. The van der Waals surface area contributed by atoms with Crippen LogP contribution in [0, 0.1) is 6.92 Å². The zero-order chi connectivity index (χ0) is 19.9. The monoisotopic (exact) mass is 360 g/mol. The molecule has 1 aliphatic heterocycles. The number of rotatable bonds is 6. The van der Waals surface area contributed by atoms with Crippen LogP contribution in [0.25, 0.3) is 0 Å². The van der Waals surface area contributed by atoms with Crippen LogP contribution in [0.5, 0.6) is 11.5 Å². The molecule has 2 aromatic carbocycles. The predicted molar refractivity (Wildman–Crippen MR) is 122 cm³/mol. The summed E-state index contributed by atoms with van der Waals surface area (Å²) in [5.74, 6) is 1.79. The Bertz CT molecular complexity index is 812. The molecular formula is C22H31B3O2. The Hall–Kier alpha value is -1.61. The summed E-state index contributed by atoms with van der Waals surface area (Å²) in [5, 5.41) is 11.9. The molecule has 1 heterocycles. The highest BCUT2D eigenvalue weighted by atomic mass is 16.5. The molecule has 0 fully saturated rings. The second-order valence-corrected chi connectivity index (χ2v) is 8.96. The lowest BCUT2D eigenvalue weighted by Crippen LogP contribution is -2.61. The Morgan fingerprint density at radius 3 is 2.22 bits per heavy atom. The van der Waals surface area contributed by atoms with Crippen molar-refractivity contribution in [3.63, 3.8) is 0 Å². The Balaban J connectivity index is 2.48. The number of hydrogen-bond acceptors (Lipinski definition) is 2. The van der Waals surface area contributed by atoms with Crippen molar-refractivity contribution in [3.8, 4) is 11.5 Å². The van der Waals surface area contributed by atoms with Crippen LogP contribution < -0.4 is 4.74 Å². The Labute approximate surface area is 166 Å². The fourth-order valence-electron chi connectivity index (χ4n) is 5.73. The van der Waals surface area contributed by atoms with Crippen molar-refractivity contribution in [2.24, 2.45) is 0 Å². The summed E-state index contributed by atoms with van der Waals surface area (Å²) in [6.07, 6.45) is 3.76. The van der Waals surface area contributed by atoms with Gasteiger partial charge in [0, 0.05) is 22.0 Å². The van der Waals surface area contributed by atoms with Crippen molar-refractivity contribution >= 4 is 23.5 Å². The molecule has 0 amide bonds. The minimum atomic E-state index is -0.900. The normalized spacial score (nSPS) is 20.9. The minimum Gasteiger partial charge on any atom is -0.456 e. The second kappa shape index (κ2) is 7.09. The van der Waals surface area contributed by atoms with Gasteiger partial charge in [0.05, 0.1) is 0 Å². The summed E-state index contributed by atoms with van der Waals surface area (Å²) in [6.45, 7) is 6.47. The third-order valence-electron chi connectivity index (χ3n) is 6.55. The van der Waals surface area contributed by atoms with E-state index in [1.54, 1.807) is 0 Å². The maximum absolute atomic E-state index is 12.1. The maximum atomic E-state index is 12.1. The fraction of sp³-hybridized carbons (Fsp3) is 0.455. The van der Waals surface area contributed by atoms with Crippen LogP contribution in [0.4, 0.5) is 0 Å². The molecule has 1 N–H and O–H groups in total. The Morgan fingerprint density at radius 2 is 1.56 bits per heavy atom. The van der Waals surface area contributed by atoms with Crippen LogP contribution in [0.1, 0.15) is 56.2 Å². The van der Waals surface area contributed by atoms with Gasteiger partial charge in [0.15, 0.2) is 0 Å². The van der Waals surface area contributed by atoms with Crippen molar-refractivity contribution in [2.45, 2.75) is 62.6 Å². The van der Waals surface area contributed by atoms with Gasteiger partial charge in [-0.3, -0.25) is 0 Å². The molecule has 0 spiro atoms. The molecule has 0 radical (unpaired) electrons. The standard InChI is InChI=1S/C22H31B3O2/c1-4-13-20(23,24)22(21(25,26)14-5-2)16-10-6-7-12-18(16)27-19-15(3)9-8-11-17(19)22/h6-12,26H,4-5,13-14,23-25H2,1-3H3. The zero-order valence-corrected chi connectivity index (χ0v) is 17.7. The number of fused-ring (bicyclic) bond motifs is 2. The first-order chi connectivity index (χ1) is 12.7. The zero-order valence-electron chi connectivity index (χ0n) is 17.7. The van der Waals surface area contributed by atoms with Gasteiger partial charge in [-0.2, -0.15) is 0 Å². The van der Waals surface area contributed by atoms with E-state index in [0.717, 1.165) is 53.9 Å². The average Bonchev–Trinajstić information content (AvgIpc) is 2.59. The number of ether oxygens (including phenoxy) is 1. The Morgan fingerprint density at radius 1 is 0.926 bits per heavy atom. The number of aryl methyl sites for hydroxylation is 1. The number of benzene rings is 2. The van der Waals surface area contributed by atoms with E-state index in [9.17, 15) is 5.11 Å². The molecule has 2 atom stereocenters. The quantitative estimate of drug-likeness (QED) is 0.803. The van der Waals surface area contributed by atoms with Gasteiger partial charge in [-0.25, -0.2) is 0 Å². The van der Waals surface area contributed by atoms with Crippen molar-refractivity contribution < 1.29 is 9.84 Å². The Kier molecular flexibility index (Phi) is 5.29. The molecule has 1 aliphatic rings. The SMILES string of the molecule is BC(B)(CCC)C1(C(B)(O)CCC)c2ccccc2Oc2c(C)cccc21. The van der Waals surface area contributed by atoms with Crippen molar-refractivity contribution in [1.29, 1.82) is 0 Å². The molecule has 0 saturated carbocycles. The molecule has 3 rings (SSSR count). The summed E-state index contributed by atoms with van der Waals surface area (Å²) in [5.41, 5.74) is 1.91. The molecule has 27 heavy (non-hydrogen) atoms. The van der Waals surface area contributed by atoms with Gasteiger partial charge >= 0.3 is 0 Å². The van der Waals surface area contributed by atoms with Gasteiger partial charge in [-0.15, -0.1) is 0 Å². The highest BCUT2D eigenvalue weighted by Gasteiger charge is 2.60. The van der Waals surface area contributed by atoms with Crippen LogP contribution in [-0.4, -0.2) is 34.1 Å². The lowest BCUT2D eigenvalue weighted by Gasteiger charge is -2.59. The van der Waals surface area contributed by atoms with Gasteiger partial charge in [-0.1, -0.05) is 74.7 Å². The summed E-state index contributed by atoms with van der Waals surface area (Å²) in [4.78, 5) is 0. The van der Waals surface area contributed by atoms with E-state index in [2.05, 4.69) is 66.8 Å². The molecule has 5 heteroatoms. The highest BCUT2D eigenvalue weighted by Crippen LogP contribution is 2.64. The minimum absolute atomic E-state index is 0.150. The maximum Gasteiger partial charge on any atom is 0.144 e. The average molecular weight is 360 g/mol. The molecule has 0 aliphatic carbocycles. The van der Waals surface area contributed by atoms with Crippen molar-refractivity contribution in [1.82, 2.24) is 0 Å². The van der Waals surface area contributed by atoms with Gasteiger partial charge in [-0.05, 0) is 25.0 Å². The molecule has 0 aromatic heterocycles. The first-order valence-electron chi connectivity index (χ1n) is 10.3. The smallest absolute Gasteiger partial charge is 0.144 e. The summed E-state index contributed by atoms with van der Waals surface area (Å²) >= 11 is 0. The van der Waals surface area contributed by atoms with E-state index in [-0.39, 0.29) is 5.21 Å². The van der Waals surface area contributed by atoms with Crippen LogP contribution in [0.3, 0.4) is 0 Å². The lowest BCUT2D eigenvalue weighted by atomic mass is 9.31. The molecule has 2 aromatic rings. The third kappa shape index (κ3) is 2.86. The lowest BCUT2D eigenvalue weighted by molar-refractivity contribution is 0.0306. The largest absolute Gasteiger partial charge is 0.456 e. The van der Waals surface area contributed by atoms with Crippen molar-refractivity contribution in [3.05, 3.63) is 59.2 Å². The summed E-state index contributed by atoms with van der Waals surface area (Å²) in [6, 6.07) is 14.7. The number of aliphatic hydroxyl groups is 1. The topological polar surface area (TPSA) is 29.5 Å². The van der Waals surface area contributed by atoms with E-state index in [1.807, 2.05) is 20.0 Å². The number of para-hydroxylation sites is 2. The fourth-order valence-corrected chi connectivity index (χ4v) is 5.73. The van der Waals surface area contributed by atoms with Crippen molar-refractivity contribution in [2.75, 3.05) is 0 Å². The van der Waals surface area contributed by atoms with Crippen LogP contribution >= 0.6 is 0 Å². The van der Waals surface area contributed by atoms with Crippen LogP contribution in [0.2, 0.25) is 5.21 Å². The summed E-state index contributed by atoms with van der Waals surface area (Å²) < 4.78 is 6.40. The van der Waals surface area contributed by atoms with E-state index in [0.29, 0.717) is 0 Å². The molecular weight excluding hydrogens is 329 g/mol. The van der Waals surface area contributed by atoms with E-state index < -0.39 is 10.9 Å². The third-order valence-corrected chi connectivity index (χ3v) is 6.55. The second-order valence-electron chi connectivity index (χ2n) is 8.96. The van der Waals surface area contributed by atoms with Gasteiger partial charge < -0.3 is 9.84 Å². The molecule has 2 nitrogen and oxygen atoms in total. The van der Waals surface area contributed by atoms with E-state index in [4.69, 9.17) is 4.74 Å². The van der Waals surface area contributed by atoms with Gasteiger partial charge in [0.2, 0.25) is 0 Å². The predicted octanol–water partition coefficient (Wildman–Crippen LogP) is 2.69. The molecule has 0 bridgehead atoms.